The summed E-state index contributed by atoms with van der Waals surface area (Å²) in [7, 11) is 0. The van der Waals surface area contributed by atoms with Crippen molar-refractivity contribution in [3.63, 3.8) is 0 Å². The third-order valence-corrected chi connectivity index (χ3v) is 3.90. The number of benzene rings is 1. The van der Waals surface area contributed by atoms with Crippen molar-refractivity contribution in [3.8, 4) is 0 Å². The summed E-state index contributed by atoms with van der Waals surface area (Å²) >= 11 is 3.49. The Balaban J connectivity index is 2.68. The number of nitrogens with zero attached hydrogens (tertiary/aromatic N) is 2. The molecule has 0 saturated heterocycles. The van der Waals surface area contributed by atoms with E-state index in [1.165, 1.54) is 5.52 Å². The molecule has 0 spiro atoms. The second kappa shape index (κ2) is 5.02. The van der Waals surface area contributed by atoms with Crippen molar-refractivity contribution in [2.75, 3.05) is 0 Å². The molecule has 18 heavy (non-hydrogen) atoms. The van der Waals surface area contributed by atoms with E-state index in [1.807, 2.05) is 0 Å². The van der Waals surface area contributed by atoms with Crippen molar-refractivity contribution in [3.05, 3.63) is 28.5 Å². The molecule has 2 rings (SSSR count). The van der Waals surface area contributed by atoms with Crippen LogP contribution in [0.25, 0.3) is 11.0 Å². The second-order valence-corrected chi connectivity index (χ2v) is 5.91. The zero-order valence-corrected chi connectivity index (χ0v) is 12.8. The molecule has 4 heteroatoms. The molecule has 2 N–H and O–H groups in total. The van der Waals surface area contributed by atoms with Gasteiger partial charge in [-0.25, -0.2) is 4.98 Å². The minimum absolute atomic E-state index is 0.374. The van der Waals surface area contributed by atoms with Crippen LogP contribution < -0.4 is 5.73 Å². The van der Waals surface area contributed by atoms with Crippen molar-refractivity contribution in [2.24, 2.45) is 5.73 Å². The van der Waals surface area contributed by atoms with Gasteiger partial charge in [0.2, 0.25) is 0 Å². The van der Waals surface area contributed by atoms with Crippen LogP contribution in [0.5, 0.6) is 0 Å². The molecule has 1 atom stereocenters. The van der Waals surface area contributed by atoms with Gasteiger partial charge < -0.3 is 10.3 Å². The fourth-order valence-corrected chi connectivity index (χ4v) is 2.50. The molecule has 1 aromatic carbocycles. The Morgan fingerprint density at radius 2 is 2.11 bits per heavy atom. The van der Waals surface area contributed by atoms with Crippen LogP contribution in [0.2, 0.25) is 0 Å². The van der Waals surface area contributed by atoms with Gasteiger partial charge in [0.25, 0.3) is 0 Å². The van der Waals surface area contributed by atoms with Crippen molar-refractivity contribution in [1.29, 1.82) is 0 Å². The van der Waals surface area contributed by atoms with Gasteiger partial charge in [0.05, 0.1) is 16.6 Å². The Labute approximate surface area is 117 Å². The van der Waals surface area contributed by atoms with Gasteiger partial charge >= 0.3 is 0 Å². The van der Waals surface area contributed by atoms with Crippen LogP contribution >= 0.6 is 15.9 Å². The lowest BCUT2D eigenvalue weighted by atomic mass is 9.99. The standard InChI is InChI=1S/C14H20BrN3/c1-4-8-18-12-7-6-10(15)9-11(12)17-13(18)14(3,16)5-2/h6-7,9H,4-5,8,16H2,1-3H3. The van der Waals surface area contributed by atoms with Crippen LogP contribution in [0, 0.1) is 0 Å². The molecule has 1 unspecified atom stereocenters. The molecular weight excluding hydrogens is 290 g/mol. The maximum atomic E-state index is 6.38. The smallest absolute Gasteiger partial charge is 0.129 e. The summed E-state index contributed by atoms with van der Waals surface area (Å²) < 4.78 is 3.31. The zero-order valence-electron chi connectivity index (χ0n) is 11.2. The number of hydrogen-bond donors (Lipinski definition) is 1. The van der Waals surface area contributed by atoms with Gasteiger partial charge in [0.1, 0.15) is 5.82 Å². The highest BCUT2D eigenvalue weighted by Crippen LogP contribution is 2.27. The Kier molecular flexibility index (Phi) is 3.78. The molecule has 0 aliphatic carbocycles. The molecule has 1 heterocycles. The largest absolute Gasteiger partial charge is 0.326 e. The summed E-state index contributed by atoms with van der Waals surface area (Å²) in [5, 5.41) is 0. The average molecular weight is 310 g/mol. The number of halogens is 1. The zero-order chi connectivity index (χ0) is 13.3. The lowest BCUT2D eigenvalue weighted by Gasteiger charge is -2.23. The van der Waals surface area contributed by atoms with Crippen LogP contribution in [0.1, 0.15) is 39.4 Å². The van der Waals surface area contributed by atoms with Crippen LogP contribution in [0.15, 0.2) is 22.7 Å². The first-order valence-corrected chi connectivity index (χ1v) is 7.24. The van der Waals surface area contributed by atoms with E-state index in [2.05, 4.69) is 59.5 Å². The van der Waals surface area contributed by atoms with Crippen molar-refractivity contribution in [1.82, 2.24) is 9.55 Å². The van der Waals surface area contributed by atoms with Gasteiger partial charge in [-0.1, -0.05) is 29.8 Å². The maximum Gasteiger partial charge on any atom is 0.129 e. The Bertz CT molecular complexity index is 557. The average Bonchev–Trinajstić information content (AvgIpc) is 2.68. The van der Waals surface area contributed by atoms with Crippen LogP contribution in [0.4, 0.5) is 0 Å². The molecule has 98 valence electrons. The number of aromatic nitrogens is 2. The van der Waals surface area contributed by atoms with E-state index in [-0.39, 0.29) is 5.54 Å². The molecule has 0 radical (unpaired) electrons. The number of rotatable bonds is 4. The summed E-state index contributed by atoms with van der Waals surface area (Å²) in [4.78, 5) is 4.74. The highest BCUT2D eigenvalue weighted by Gasteiger charge is 2.26. The SMILES string of the molecule is CCCn1c(C(C)(N)CC)nc2cc(Br)ccc21. The topological polar surface area (TPSA) is 43.8 Å². The highest BCUT2D eigenvalue weighted by atomic mass is 79.9. The Hall–Kier alpha value is -0.870. The number of aryl methyl sites for hydroxylation is 1. The first kappa shape index (κ1) is 13.6. The number of hydrogen-bond acceptors (Lipinski definition) is 2. The molecular formula is C14H20BrN3. The third kappa shape index (κ3) is 2.31. The summed E-state index contributed by atoms with van der Waals surface area (Å²) in [5.74, 6) is 0.986. The highest BCUT2D eigenvalue weighted by molar-refractivity contribution is 9.10. The fourth-order valence-electron chi connectivity index (χ4n) is 2.15. The normalized spacial score (nSPS) is 14.9. The number of imidazole rings is 1. The minimum Gasteiger partial charge on any atom is -0.326 e. The van der Waals surface area contributed by atoms with E-state index in [0.717, 1.165) is 35.2 Å². The van der Waals surface area contributed by atoms with Gasteiger partial charge in [0, 0.05) is 11.0 Å². The maximum absolute atomic E-state index is 6.38. The molecule has 0 bridgehead atoms. The molecule has 0 amide bonds. The van der Waals surface area contributed by atoms with Gasteiger partial charge in [0.15, 0.2) is 0 Å². The molecule has 0 aliphatic rings. The predicted octanol–water partition coefficient (Wildman–Crippen LogP) is 3.79. The van der Waals surface area contributed by atoms with E-state index in [9.17, 15) is 0 Å². The van der Waals surface area contributed by atoms with Crippen LogP contribution in [0.3, 0.4) is 0 Å². The lowest BCUT2D eigenvalue weighted by Crippen LogP contribution is -2.35. The summed E-state index contributed by atoms with van der Waals surface area (Å²) in [6, 6.07) is 6.22. The van der Waals surface area contributed by atoms with Crippen molar-refractivity contribution in [2.45, 2.75) is 45.7 Å². The van der Waals surface area contributed by atoms with Crippen molar-refractivity contribution < 1.29 is 0 Å². The van der Waals surface area contributed by atoms with Gasteiger partial charge in [-0.05, 0) is 38.0 Å². The number of nitrogens with two attached hydrogens (primary N) is 1. The summed E-state index contributed by atoms with van der Waals surface area (Å²) in [6.07, 6.45) is 1.95. The monoisotopic (exact) mass is 309 g/mol. The minimum atomic E-state index is -0.374. The lowest BCUT2D eigenvalue weighted by molar-refractivity contribution is 0.422. The molecule has 0 saturated carbocycles. The van der Waals surface area contributed by atoms with E-state index in [4.69, 9.17) is 10.7 Å². The molecule has 2 aromatic rings. The second-order valence-electron chi connectivity index (χ2n) is 4.99. The van der Waals surface area contributed by atoms with Gasteiger partial charge in [-0.15, -0.1) is 0 Å². The van der Waals surface area contributed by atoms with Crippen LogP contribution in [-0.4, -0.2) is 9.55 Å². The van der Waals surface area contributed by atoms with Crippen LogP contribution in [-0.2, 0) is 12.1 Å². The first-order chi connectivity index (χ1) is 8.49. The first-order valence-electron chi connectivity index (χ1n) is 6.44. The Morgan fingerprint density at radius 1 is 1.39 bits per heavy atom. The predicted molar refractivity (Wildman–Crippen MR) is 79.6 cm³/mol. The van der Waals surface area contributed by atoms with Gasteiger partial charge in [-0.3, -0.25) is 0 Å². The van der Waals surface area contributed by atoms with E-state index < -0.39 is 0 Å². The quantitative estimate of drug-likeness (QED) is 0.933. The molecule has 0 aliphatic heterocycles. The third-order valence-electron chi connectivity index (χ3n) is 3.40. The van der Waals surface area contributed by atoms with Gasteiger partial charge in [-0.2, -0.15) is 0 Å². The van der Waals surface area contributed by atoms with E-state index in [1.54, 1.807) is 0 Å². The van der Waals surface area contributed by atoms with E-state index >= 15 is 0 Å². The Morgan fingerprint density at radius 3 is 2.72 bits per heavy atom. The molecule has 1 aromatic heterocycles. The summed E-state index contributed by atoms with van der Waals surface area (Å²) in [5.41, 5.74) is 8.18. The van der Waals surface area contributed by atoms with E-state index in [0.29, 0.717) is 0 Å². The molecule has 0 fully saturated rings. The molecule has 3 nitrogen and oxygen atoms in total. The van der Waals surface area contributed by atoms with Crippen molar-refractivity contribution >= 4 is 27.0 Å². The summed E-state index contributed by atoms with van der Waals surface area (Å²) in [6.45, 7) is 7.29. The fraction of sp³-hybridized carbons (Fsp3) is 0.500. The number of fused-ring (bicyclic) bond motifs is 1.